The van der Waals surface area contributed by atoms with Crippen molar-refractivity contribution in [2.24, 2.45) is 0 Å². The minimum atomic E-state index is -0.114. The second kappa shape index (κ2) is 14.3. The lowest BCUT2D eigenvalue weighted by molar-refractivity contribution is 0.661. The molecular weight excluding hydrogens is 791 g/mol. The van der Waals surface area contributed by atoms with Crippen molar-refractivity contribution in [2.45, 2.75) is 19.3 Å². The fraction of sp³-hybridized carbons (Fsp3) is 0.0500. The zero-order chi connectivity index (χ0) is 43.2. The van der Waals surface area contributed by atoms with Gasteiger partial charge >= 0.3 is 0 Å². The maximum atomic E-state index is 5.23. The van der Waals surface area contributed by atoms with Gasteiger partial charge in [-0.3, -0.25) is 0 Å². The van der Waals surface area contributed by atoms with Crippen LogP contribution in [0.4, 0.5) is 0 Å². The van der Waals surface area contributed by atoms with E-state index in [1.165, 1.54) is 44.1 Å². The van der Waals surface area contributed by atoms with Gasteiger partial charge in [0, 0.05) is 55.0 Å². The molecule has 3 heterocycles. The summed E-state index contributed by atoms with van der Waals surface area (Å²) < 4.78 is 4.81. The highest BCUT2D eigenvalue weighted by Gasteiger charge is 2.37. The Kier molecular flexibility index (Phi) is 8.18. The normalized spacial score (nSPS) is 12.9. The lowest BCUT2D eigenvalue weighted by Crippen LogP contribution is -2.14. The molecule has 3 aromatic heterocycles. The molecule has 0 saturated heterocycles. The molecule has 0 unspecified atom stereocenters. The van der Waals surface area contributed by atoms with Crippen molar-refractivity contribution >= 4 is 43.6 Å². The van der Waals surface area contributed by atoms with Crippen LogP contribution < -0.4 is 0 Å². The standard InChI is InChI=1S/C60H41N5/c1-60(2)48-28-16-15-26-44(48)55-49(60)32-35-53-56(55)47-37-41(31-34-51(47)65(53)43-24-13-6-14-25-43)40-30-33-50-46(36-40)54-45(27-17-29-52(54)64(50)42-22-11-5-12-23-42)59-62-57(38-18-7-3-8-19-38)61-58(63-59)39-20-9-4-10-21-39/h3-37H,1-2H3. The van der Waals surface area contributed by atoms with Gasteiger partial charge in [0.1, 0.15) is 0 Å². The summed E-state index contributed by atoms with van der Waals surface area (Å²) in [5.74, 6) is 1.91. The summed E-state index contributed by atoms with van der Waals surface area (Å²) in [7, 11) is 0. The van der Waals surface area contributed by atoms with Gasteiger partial charge in [-0.15, -0.1) is 0 Å². The van der Waals surface area contributed by atoms with E-state index >= 15 is 0 Å². The molecule has 0 saturated carbocycles. The van der Waals surface area contributed by atoms with E-state index in [4.69, 9.17) is 15.0 Å². The first-order chi connectivity index (χ1) is 32.0. The second-order valence-corrected chi connectivity index (χ2v) is 17.6. The summed E-state index contributed by atoms with van der Waals surface area (Å²) >= 11 is 0. The highest BCUT2D eigenvalue weighted by molar-refractivity contribution is 6.19. The molecule has 13 rings (SSSR count). The minimum absolute atomic E-state index is 0.114. The number of aromatic nitrogens is 5. The molecule has 1 aliphatic carbocycles. The van der Waals surface area contributed by atoms with Gasteiger partial charge in [0.25, 0.3) is 0 Å². The average molecular weight is 832 g/mol. The predicted octanol–water partition coefficient (Wildman–Crippen LogP) is 15.0. The maximum absolute atomic E-state index is 5.23. The number of hydrogen-bond acceptors (Lipinski definition) is 3. The Hall–Kier alpha value is -8.41. The van der Waals surface area contributed by atoms with Crippen molar-refractivity contribution in [3.8, 4) is 67.8 Å². The zero-order valence-corrected chi connectivity index (χ0v) is 35.9. The molecule has 12 aromatic rings. The summed E-state index contributed by atoms with van der Waals surface area (Å²) in [4.78, 5) is 15.5. The molecule has 65 heavy (non-hydrogen) atoms. The summed E-state index contributed by atoms with van der Waals surface area (Å²) in [6.07, 6.45) is 0. The van der Waals surface area contributed by atoms with Crippen LogP contribution in [0.1, 0.15) is 25.0 Å². The van der Waals surface area contributed by atoms with E-state index in [1.807, 2.05) is 36.4 Å². The Labute approximate surface area is 376 Å². The topological polar surface area (TPSA) is 48.5 Å². The molecule has 0 atom stereocenters. The minimum Gasteiger partial charge on any atom is -0.309 e. The van der Waals surface area contributed by atoms with Crippen LogP contribution in [0.2, 0.25) is 0 Å². The predicted molar refractivity (Wildman–Crippen MR) is 268 cm³/mol. The Morgan fingerprint density at radius 1 is 0.338 bits per heavy atom. The van der Waals surface area contributed by atoms with Gasteiger partial charge in [-0.2, -0.15) is 0 Å². The molecule has 0 radical (unpaired) electrons. The first kappa shape index (κ1) is 37.2. The third-order valence-corrected chi connectivity index (χ3v) is 13.6. The third-order valence-electron chi connectivity index (χ3n) is 13.6. The number of para-hydroxylation sites is 2. The maximum Gasteiger partial charge on any atom is 0.164 e. The molecule has 0 amide bonds. The number of fused-ring (bicyclic) bond motifs is 10. The number of rotatable bonds is 6. The van der Waals surface area contributed by atoms with Gasteiger partial charge in [-0.25, -0.2) is 15.0 Å². The van der Waals surface area contributed by atoms with Crippen LogP contribution >= 0.6 is 0 Å². The van der Waals surface area contributed by atoms with Gasteiger partial charge in [0.2, 0.25) is 0 Å². The molecule has 9 aromatic carbocycles. The van der Waals surface area contributed by atoms with Crippen molar-refractivity contribution in [2.75, 3.05) is 0 Å². The van der Waals surface area contributed by atoms with E-state index in [2.05, 4.69) is 199 Å². The Morgan fingerprint density at radius 3 is 1.38 bits per heavy atom. The highest BCUT2D eigenvalue weighted by atomic mass is 15.0. The van der Waals surface area contributed by atoms with Crippen LogP contribution in [0.15, 0.2) is 212 Å². The lowest BCUT2D eigenvalue weighted by atomic mass is 9.82. The van der Waals surface area contributed by atoms with E-state index < -0.39 is 0 Å². The van der Waals surface area contributed by atoms with Gasteiger partial charge in [-0.1, -0.05) is 166 Å². The monoisotopic (exact) mass is 831 g/mol. The summed E-state index contributed by atoms with van der Waals surface area (Å²) in [6, 6.07) is 76.0. The summed E-state index contributed by atoms with van der Waals surface area (Å²) in [5.41, 5.74) is 17.3. The Morgan fingerprint density at radius 2 is 0.800 bits per heavy atom. The van der Waals surface area contributed by atoms with Gasteiger partial charge in [0.05, 0.1) is 22.1 Å². The zero-order valence-electron chi connectivity index (χ0n) is 35.9. The smallest absolute Gasteiger partial charge is 0.164 e. The van der Waals surface area contributed by atoms with Crippen molar-refractivity contribution in [3.05, 3.63) is 223 Å². The highest BCUT2D eigenvalue weighted by Crippen LogP contribution is 2.53. The molecule has 0 N–H and O–H groups in total. The fourth-order valence-electron chi connectivity index (χ4n) is 10.6. The van der Waals surface area contributed by atoms with Crippen molar-refractivity contribution in [1.82, 2.24) is 24.1 Å². The first-order valence-electron chi connectivity index (χ1n) is 22.3. The lowest BCUT2D eigenvalue weighted by Gasteiger charge is -2.21. The van der Waals surface area contributed by atoms with Crippen LogP contribution in [0, 0.1) is 0 Å². The van der Waals surface area contributed by atoms with Crippen molar-refractivity contribution in [1.29, 1.82) is 0 Å². The first-order valence-corrected chi connectivity index (χ1v) is 22.3. The van der Waals surface area contributed by atoms with Gasteiger partial charge in [-0.05, 0) is 94.0 Å². The van der Waals surface area contributed by atoms with Gasteiger partial charge < -0.3 is 9.13 Å². The molecule has 5 nitrogen and oxygen atoms in total. The number of hydrogen-bond donors (Lipinski definition) is 0. The van der Waals surface area contributed by atoms with E-state index in [1.54, 1.807) is 0 Å². The van der Waals surface area contributed by atoms with Crippen LogP contribution in [0.3, 0.4) is 0 Å². The van der Waals surface area contributed by atoms with E-state index in [9.17, 15) is 0 Å². The molecule has 306 valence electrons. The van der Waals surface area contributed by atoms with Gasteiger partial charge in [0.15, 0.2) is 17.5 Å². The molecule has 0 spiro atoms. The van der Waals surface area contributed by atoms with E-state index in [0.29, 0.717) is 17.5 Å². The third kappa shape index (κ3) is 5.68. The molecule has 1 aliphatic rings. The molecule has 5 heteroatoms. The Balaban J connectivity index is 1.08. The summed E-state index contributed by atoms with van der Waals surface area (Å²) in [5, 5.41) is 4.76. The molecule has 0 bridgehead atoms. The van der Waals surface area contributed by atoms with Crippen LogP contribution in [0.25, 0.3) is 111 Å². The van der Waals surface area contributed by atoms with Crippen LogP contribution in [-0.4, -0.2) is 24.1 Å². The second-order valence-electron chi connectivity index (χ2n) is 17.6. The van der Waals surface area contributed by atoms with E-state index in [0.717, 1.165) is 61.0 Å². The molecular formula is C60H41N5. The average Bonchev–Trinajstić information content (AvgIpc) is 3.97. The van der Waals surface area contributed by atoms with Crippen LogP contribution in [-0.2, 0) is 5.41 Å². The number of benzene rings is 9. The van der Waals surface area contributed by atoms with Crippen molar-refractivity contribution in [3.63, 3.8) is 0 Å². The van der Waals surface area contributed by atoms with Crippen LogP contribution in [0.5, 0.6) is 0 Å². The quantitative estimate of drug-likeness (QED) is 0.168. The fourth-order valence-corrected chi connectivity index (χ4v) is 10.6. The van der Waals surface area contributed by atoms with E-state index in [-0.39, 0.29) is 5.41 Å². The van der Waals surface area contributed by atoms with Crippen molar-refractivity contribution < 1.29 is 0 Å². The Bertz CT molecular complexity index is 3770. The SMILES string of the molecule is CC1(C)c2ccccc2-c2c1ccc1c2c2cc(-c3ccc4c(c3)c3c(-c5nc(-c6ccccc6)nc(-c6ccccc6)n5)cccc3n4-c3ccccc3)ccc2n1-c1ccccc1. The molecule has 0 aliphatic heterocycles. The number of nitrogens with zero attached hydrogens (tertiary/aromatic N) is 5. The molecule has 0 fully saturated rings. The largest absolute Gasteiger partial charge is 0.309 e. The summed E-state index contributed by atoms with van der Waals surface area (Å²) in [6.45, 7) is 4.73.